The molecule has 82 valence electrons. The minimum absolute atomic E-state index is 0.150. The number of nitrogens with zero attached hydrogens (tertiary/aromatic N) is 1. The van der Waals surface area contributed by atoms with E-state index >= 15 is 0 Å². The highest BCUT2D eigenvalue weighted by molar-refractivity contribution is 6.32. The van der Waals surface area contributed by atoms with Crippen LogP contribution in [0.1, 0.15) is 12.5 Å². The summed E-state index contributed by atoms with van der Waals surface area (Å²) in [5, 5.41) is 3.01. The number of aryl methyl sites for hydroxylation is 1. The fraction of sp³-hybridized carbons (Fsp3) is 0.400. The molecule has 0 aliphatic carbocycles. The Morgan fingerprint density at radius 2 is 2.33 bits per heavy atom. The molecule has 0 saturated carbocycles. The molecule has 1 heterocycles. The quantitative estimate of drug-likeness (QED) is 0.659. The van der Waals surface area contributed by atoms with Crippen molar-refractivity contribution in [1.29, 1.82) is 0 Å². The second kappa shape index (κ2) is 5.33. The molecular formula is C10H12Cl2N2O. The van der Waals surface area contributed by atoms with Gasteiger partial charge in [-0.15, -0.1) is 11.6 Å². The molecule has 3 nitrogen and oxygen atoms in total. The van der Waals surface area contributed by atoms with Gasteiger partial charge in [-0.2, -0.15) is 0 Å². The number of pyridine rings is 1. The van der Waals surface area contributed by atoms with Gasteiger partial charge in [-0.1, -0.05) is 18.5 Å². The van der Waals surface area contributed by atoms with Gasteiger partial charge < -0.3 is 5.32 Å². The van der Waals surface area contributed by atoms with Crippen LogP contribution in [-0.4, -0.2) is 16.8 Å². The minimum Gasteiger partial charge on any atom is -0.323 e. The van der Waals surface area contributed by atoms with E-state index < -0.39 is 0 Å². The number of carbonyl (C=O) groups excluding carboxylic acids is 1. The SMILES string of the molecule is Cc1ccnc(Cl)c1NC(=O)C(C)CCl. The summed E-state index contributed by atoms with van der Waals surface area (Å²) < 4.78 is 0. The largest absolute Gasteiger partial charge is 0.323 e. The highest BCUT2D eigenvalue weighted by Crippen LogP contribution is 2.23. The normalized spacial score (nSPS) is 12.3. The molecule has 15 heavy (non-hydrogen) atoms. The van der Waals surface area contributed by atoms with Crippen molar-refractivity contribution in [2.75, 3.05) is 11.2 Å². The van der Waals surface area contributed by atoms with Gasteiger partial charge in [0.15, 0.2) is 5.15 Å². The van der Waals surface area contributed by atoms with Crippen LogP contribution in [0, 0.1) is 12.8 Å². The molecule has 1 rings (SSSR count). The number of amides is 1. The molecule has 1 atom stereocenters. The Hall–Kier alpha value is -0.800. The summed E-state index contributed by atoms with van der Waals surface area (Å²) in [6.45, 7) is 3.61. The monoisotopic (exact) mass is 246 g/mol. The van der Waals surface area contributed by atoms with Crippen LogP contribution in [0.5, 0.6) is 0 Å². The number of nitrogens with one attached hydrogen (secondary N) is 1. The Kier molecular flexibility index (Phi) is 4.36. The topological polar surface area (TPSA) is 42.0 Å². The molecule has 0 bridgehead atoms. The zero-order valence-corrected chi connectivity index (χ0v) is 10.1. The maximum atomic E-state index is 11.6. The van der Waals surface area contributed by atoms with Crippen LogP contribution in [0.2, 0.25) is 5.15 Å². The highest BCUT2D eigenvalue weighted by atomic mass is 35.5. The smallest absolute Gasteiger partial charge is 0.228 e. The maximum absolute atomic E-state index is 11.6. The average molecular weight is 247 g/mol. The van der Waals surface area contributed by atoms with Crippen LogP contribution in [-0.2, 0) is 4.79 Å². The van der Waals surface area contributed by atoms with E-state index in [9.17, 15) is 4.79 Å². The standard InChI is InChI=1S/C10H12Cl2N2O/c1-6-3-4-13-9(12)8(6)14-10(15)7(2)5-11/h3-4,7H,5H2,1-2H3,(H,14,15). The molecule has 5 heteroatoms. The first-order valence-electron chi connectivity index (χ1n) is 4.54. The zero-order chi connectivity index (χ0) is 11.4. The predicted octanol–water partition coefficient (Wildman–Crippen LogP) is 2.86. The number of aromatic nitrogens is 1. The molecule has 0 fully saturated rings. The molecule has 0 aliphatic rings. The summed E-state index contributed by atoms with van der Waals surface area (Å²) in [4.78, 5) is 15.5. The van der Waals surface area contributed by atoms with E-state index in [0.29, 0.717) is 10.8 Å². The van der Waals surface area contributed by atoms with E-state index in [2.05, 4.69) is 10.3 Å². The summed E-state index contributed by atoms with van der Waals surface area (Å²) in [6.07, 6.45) is 1.60. The summed E-state index contributed by atoms with van der Waals surface area (Å²) in [5.74, 6) is -0.117. The molecule has 0 aromatic carbocycles. The van der Waals surface area contributed by atoms with Gasteiger partial charge in [-0.3, -0.25) is 4.79 Å². The van der Waals surface area contributed by atoms with Gasteiger partial charge in [0.2, 0.25) is 5.91 Å². The number of rotatable bonds is 3. The number of hydrogen-bond donors (Lipinski definition) is 1. The summed E-state index contributed by atoms with van der Waals surface area (Å²) in [7, 11) is 0. The third kappa shape index (κ3) is 3.08. The average Bonchev–Trinajstić information content (AvgIpc) is 2.22. The molecule has 0 saturated heterocycles. The summed E-state index contributed by atoms with van der Waals surface area (Å²) in [5.41, 5.74) is 1.44. The van der Waals surface area contributed by atoms with E-state index in [-0.39, 0.29) is 17.7 Å². The van der Waals surface area contributed by atoms with Crippen LogP contribution >= 0.6 is 23.2 Å². The van der Waals surface area contributed by atoms with Gasteiger partial charge in [0.25, 0.3) is 0 Å². The lowest BCUT2D eigenvalue weighted by atomic mass is 10.2. The Bertz CT molecular complexity index is 348. The Morgan fingerprint density at radius 3 is 2.87 bits per heavy atom. The van der Waals surface area contributed by atoms with Crippen LogP contribution in [0.4, 0.5) is 5.69 Å². The van der Waals surface area contributed by atoms with Gasteiger partial charge in [0.05, 0.1) is 5.69 Å². The van der Waals surface area contributed by atoms with Gasteiger partial charge >= 0.3 is 0 Å². The van der Waals surface area contributed by atoms with Crippen LogP contribution in [0.15, 0.2) is 12.3 Å². The number of alkyl halides is 1. The second-order valence-electron chi connectivity index (χ2n) is 3.34. The lowest BCUT2D eigenvalue weighted by Crippen LogP contribution is -2.22. The predicted molar refractivity (Wildman–Crippen MR) is 62.5 cm³/mol. The molecule has 0 spiro atoms. The van der Waals surface area contributed by atoms with Crippen molar-refractivity contribution in [2.24, 2.45) is 5.92 Å². The Balaban J connectivity index is 2.85. The van der Waals surface area contributed by atoms with Gasteiger partial charge in [0, 0.05) is 18.0 Å². The molecule has 1 amide bonds. The number of hydrogen-bond acceptors (Lipinski definition) is 2. The molecule has 0 aliphatic heterocycles. The highest BCUT2D eigenvalue weighted by Gasteiger charge is 2.14. The fourth-order valence-electron chi connectivity index (χ4n) is 0.992. The lowest BCUT2D eigenvalue weighted by molar-refractivity contribution is -0.118. The van der Waals surface area contributed by atoms with Crippen molar-refractivity contribution in [3.8, 4) is 0 Å². The molecule has 1 N–H and O–H groups in total. The number of halogens is 2. The van der Waals surface area contributed by atoms with Gasteiger partial charge in [-0.25, -0.2) is 4.98 Å². The van der Waals surface area contributed by atoms with E-state index in [0.717, 1.165) is 5.56 Å². The van der Waals surface area contributed by atoms with Crippen LogP contribution in [0.25, 0.3) is 0 Å². The second-order valence-corrected chi connectivity index (χ2v) is 4.00. The van der Waals surface area contributed by atoms with E-state index in [1.807, 2.05) is 6.92 Å². The first-order valence-corrected chi connectivity index (χ1v) is 5.45. The number of anilines is 1. The van der Waals surface area contributed by atoms with Crippen LogP contribution in [0.3, 0.4) is 0 Å². The van der Waals surface area contributed by atoms with Crippen molar-refractivity contribution < 1.29 is 4.79 Å². The minimum atomic E-state index is -0.248. The maximum Gasteiger partial charge on any atom is 0.228 e. The van der Waals surface area contributed by atoms with Gasteiger partial charge in [0.1, 0.15) is 0 Å². The van der Waals surface area contributed by atoms with E-state index in [1.54, 1.807) is 19.2 Å². The Morgan fingerprint density at radius 1 is 1.67 bits per heavy atom. The van der Waals surface area contributed by atoms with Gasteiger partial charge in [-0.05, 0) is 18.6 Å². The number of carbonyl (C=O) groups is 1. The first kappa shape index (κ1) is 12.3. The fourth-order valence-corrected chi connectivity index (χ4v) is 1.38. The third-order valence-electron chi connectivity index (χ3n) is 2.04. The van der Waals surface area contributed by atoms with Crippen molar-refractivity contribution in [1.82, 2.24) is 4.98 Å². The van der Waals surface area contributed by atoms with E-state index in [4.69, 9.17) is 23.2 Å². The molecule has 0 radical (unpaired) electrons. The summed E-state index contributed by atoms with van der Waals surface area (Å²) >= 11 is 11.4. The first-order chi connectivity index (χ1) is 7.06. The summed E-state index contributed by atoms with van der Waals surface area (Å²) in [6, 6.07) is 1.78. The van der Waals surface area contributed by atoms with Crippen molar-refractivity contribution in [3.05, 3.63) is 23.0 Å². The van der Waals surface area contributed by atoms with E-state index in [1.165, 1.54) is 0 Å². The molecule has 1 unspecified atom stereocenters. The Labute approximate surface area is 98.8 Å². The molecular weight excluding hydrogens is 235 g/mol. The lowest BCUT2D eigenvalue weighted by Gasteiger charge is -2.12. The van der Waals surface area contributed by atoms with Crippen LogP contribution < -0.4 is 5.32 Å². The third-order valence-corrected chi connectivity index (χ3v) is 2.79. The molecule has 1 aromatic heterocycles. The van der Waals surface area contributed by atoms with Crippen molar-refractivity contribution in [3.63, 3.8) is 0 Å². The zero-order valence-electron chi connectivity index (χ0n) is 8.55. The van der Waals surface area contributed by atoms with Crippen molar-refractivity contribution >= 4 is 34.8 Å². The van der Waals surface area contributed by atoms with Crippen molar-refractivity contribution in [2.45, 2.75) is 13.8 Å². The molecule has 1 aromatic rings.